The van der Waals surface area contributed by atoms with Gasteiger partial charge >= 0.3 is 0 Å². The zero-order valence-electron chi connectivity index (χ0n) is 39.8. The number of hydrogen-bond donors (Lipinski definition) is 0. The number of fused-ring (bicyclic) bond motifs is 8. The van der Waals surface area contributed by atoms with Gasteiger partial charge in [0, 0.05) is 10.9 Å². The quantitative estimate of drug-likeness (QED) is 0.152. The summed E-state index contributed by atoms with van der Waals surface area (Å²) in [6.07, 6.45) is 0. The molecule has 0 saturated heterocycles. The van der Waals surface area contributed by atoms with Crippen LogP contribution < -0.4 is 0 Å². The van der Waals surface area contributed by atoms with Crippen LogP contribution >= 0.6 is 0 Å². The van der Waals surface area contributed by atoms with Crippen molar-refractivity contribution in [2.75, 3.05) is 0 Å². The molecule has 338 valence electrons. The van der Waals surface area contributed by atoms with Crippen LogP contribution in [0.1, 0.15) is 0 Å². The number of imidazole rings is 1. The van der Waals surface area contributed by atoms with Gasteiger partial charge in [-0.25, -0.2) is 4.98 Å². The highest BCUT2D eigenvalue weighted by Crippen LogP contribution is 2.50. The van der Waals surface area contributed by atoms with Gasteiger partial charge in [-0.3, -0.25) is 4.57 Å². The van der Waals surface area contributed by atoms with Crippen molar-refractivity contribution in [2.45, 2.75) is 0 Å². The number of nitrogens with zero attached hydrogens (tertiary/aromatic N) is 2. The third-order valence-electron chi connectivity index (χ3n) is 15.4. The van der Waals surface area contributed by atoms with Gasteiger partial charge in [0.05, 0.1) is 16.7 Å². The summed E-state index contributed by atoms with van der Waals surface area (Å²) in [5.41, 5.74) is 14.1. The van der Waals surface area contributed by atoms with Gasteiger partial charge in [-0.1, -0.05) is 243 Å². The predicted molar refractivity (Wildman–Crippen MR) is 311 cm³/mol. The average Bonchev–Trinajstić information content (AvgIpc) is 3.85. The van der Waals surface area contributed by atoms with Crippen LogP contribution in [0.4, 0.5) is 0 Å². The molecule has 0 bridgehead atoms. The van der Waals surface area contributed by atoms with E-state index in [4.69, 9.17) is 4.98 Å². The monoisotopic (exact) mass is 924 g/mol. The van der Waals surface area contributed by atoms with Crippen LogP contribution in [0.15, 0.2) is 267 Å². The maximum Gasteiger partial charge on any atom is 0.145 e. The minimum Gasteiger partial charge on any atom is -0.292 e. The van der Waals surface area contributed by atoms with Crippen LogP contribution in [0.2, 0.25) is 0 Å². The molecular weight excluding hydrogens is 881 g/mol. The summed E-state index contributed by atoms with van der Waals surface area (Å²) in [4.78, 5) is 5.29. The fourth-order valence-electron chi connectivity index (χ4n) is 12.2. The molecule has 0 saturated carbocycles. The lowest BCUT2D eigenvalue weighted by molar-refractivity contribution is 1.11. The van der Waals surface area contributed by atoms with Crippen molar-refractivity contribution in [1.29, 1.82) is 0 Å². The van der Waals surface area contributed by atoms with E-state index in [1.807, 2.05) is 0 Å². The molecule has 14 aromatic carbocycles. The molecule has 15 rings (SSSR count). The second-order valence-electron chi connectivity index (χ2n) is 19.3. The molecular formula is C71H44N2. The number of para-hydroxylation sites is 2. The molecule has 0 unspecified atom stereocenters. The van der Waals surface area contributed by atoms with Crippen molar-refractivity contribution >= 4 is 86.4 Å². The van der Waals surface area contributed by atoms with Crippen LogP contribution in [0.5, 0.6) is 0 Å². The maximum atomic E-state index is 5.29. The van der Waals surface area contributed by atoms with E-state index < -0.39 is 0 Å². The van der Waals surface area contributed by atoms with E-state index in [2.05, 4.69) is 271 Å². The van der Waals surface area contributed by atoms with Gasteiger partial charge in [0.25, 0.3) is 0 Å². The van der Waals surface area contributed by atoms with E-state index in [1.54, 1.807) is 0 Å². The number of aromatic nitrogens is 2. The Kier molecular flexibility index (Phi) is 9.30. The standard InChI is InChI=1S/C71H44N2/c1-4-24-51-45(18-1)21-15-33-54(51)69-60-31-11-12-32-61(60)70(55-34-16-22-46-19-2-5-25-52(46)55)63-44-50(42-43-62(63)69)68-58-29-9-7-27-56(58)67(57-28-8-10-30-59(57)68)48-38-40-49(41-39-48)71-72-64-35-13-14-36-66(64)73(71)65-37-17-23-47-20-3-6-26-53(47)65/h1-44H. The summed E-state index contributed by atoms with van der Waals surface area (Å²) in [5.74, 6) is 0.921. The van der Waals surface area contributed by atoms with Gasteiger partial charge in [-0.05, 0) is 139 Å². The van der Waals surface area contributed by atoms with Gasteiger partial charge in [0.1, 0.15) is 5.82 Å². The lowest BCUT2D eigenvalue weighted by Crippen LogP contribution is -1.98. The normalized spacial score (nSPS) is 11.8. The van der Waals surface area contributed by atoms with Crippen molar-refractivity contribution < 1.29 is 0 Å². The van der Waals surface area contributed by atoms with Crippen molar-refractivity contribution in [3.05, 3.63) is 267 Å². The Morgan fingerprint density at radius 3 is 1.21 bits per heavy atom. The van der Waals surface area contributed by atoms with Crippen molar-refractivity contribution in [1.82, 2.24) is 9.55 Å². The fourth-order valence-corrected chi connectivity index (χ4v) is 12.2. The number of benzene rings is 14. The van der Waals surface area contributed by atoms with Gasteiger partial charge in [-0.15, -0.1) is 0 Å². The summed E-state index contributed by atoms with van der Waals surface area (Å²) in [6.45, 7) is 0. The molecule has 0 amide bonds. The van der Waals surface area contributed by atoms with E-state index >= 15 is 0 Å². The van der Waals surface area contributed by atoms with Crippen LogP contribution in [0, 0.1) is 0 Å². The van der Waals surface area contributed by atoms with Crippen LogP contribution in [-0.2, 0) is 0 Å². The second-order valence-corrected chi connectivity index (χ2v) is 19.3. The summed E-state index contributed by atoms with van der Waals surface area (Å²) in [6, 6.07) is 98.2. The highest BCUT2D eigenvalue weighted by Gasteiger charge is 2.23. The first-order valence-corrected chi connectivity index (χ1v) is 25.2. The molecule has 0 radical (unpaired) electrons. The molecule has 2 heteroatoms. The Morgan fingerprint density at radius 1 is 0.247 bits per heavy atom. The molecule has 0 atom stereocenters. The van der Waals surface area contributed by atoms with Gasteiger partial charge in [0.15, 0.2) is 0 Å². The first kappa shape index (κ1) is 41.2. The minimum absolute atomic E-state index is 0.921. The molecule has 0 aliphatic rings. The van der Waals surface area contributed by atoms with Crippen LogP contribution in [-0.4, -0.2) is 9.55 Å². The van der Waals surface area contributed by atoms with E-state index in [0.29, 0.717) is 0 Å². The minimum atomic E-state index is 0.921. The molecule has 0 aliphatic carbocycles. The molecule has 0 fully saturated rings. The SMILES string of the molecule is c1ccc2c(-c3c4ccccc4c(-c4cccc5ccccc45)c4cc(-c5c6ccccc6c(-c6ccc(-c7nc8ccccc8n7-c7cccc8ccccc78)cc6)c6ccccc56)ccc34)cccc2c1. The molecule has 2 nitrogen and oxygen atoms in total. The number of hydrogen-bond acceptors (Lipinski definition) is 1. The Hall–Kier alpha value is -9.63. The zero-order chi connectivity index (χ0) is 48.0. The highest BCUT2D eigenvalue weighted by atomic mass is 15.1. The van der Waals surface area contributed by atoms with E-state index in [1.165, 1.54) is 120 Å². The third-order valence-corrected chi connectivity index (χ3v) is 15.4. The van der Waals surface area contributed by atoms with Crippen LogP contribution in [0.3, 0.4) is 0 Å². The van der Waals surface area contributed by atoms with Crippen molar-refractivity contribution in [3.63, 3.8) is 0 Å². The molecule has 15 aromatic rings. The Labute approximate surface area is 422 Å². The van der Waals surface area contributed by atoms with Gasteiger partial charge in [-0.2, -0.15) is 0 Å². The second kappa shape index (κ2) is 16.5. The van der Waals surface area contributed by atoms with E-state index in [-0.39, 0.29) is 0 Å². The Balaban J connectivity index is 0.963. The zero-order valence-corrected chi connectivity index (χ0v) is 39.8. The van der Waals surface area contributed by atoms with E-state index in [9.17, 15) is 0 Å². The molecule has 1 heterocycles. The Morgan fingerprint density at radius 2 is 0.630 bits per heavy atom. The molecule has 0 aliphatic heterocycles. The summed E-state index contributed by atoms with van der Waals surface area (Å²) < 4.78 is 2.33. The number of rotatable bonds is 6. The van der Waals surface area contributed by atoms with Gasteiger partial charge < -0.3 is 0 Å². The molecule has 0 spiro atoms. The third kappa shape index (κ3) is 6.41. The molecule has 0 N–H and O–H groups in total. The molecule has 1 aromatic heterocycles. The largest absolute Gasteiger partial charge is 0.292 e. The molecule has 73 heavy (non-hydrogen) atoms. The first-order valence-electron chi connectivity index (χ1n) is 25.2. The summed E-state index contributed by atoms with van der Waals surface area (Å²) in [7, 11) is 0. The topological polar surface area (TPSA) is 17.8 Å². The van der Waals surface area contributed by atoms with Crippen LogP contribution in [0.25, 0.3) is 148 Å². The lowest BCUT2D eigenvalue weighted by atomic mass is 9.81. The summed E-state index contributed by atoms with van der Waals surface area (Å²) in [5, 5.41) is 17.2. The van der Waals surface area contributed by atoms with E-state index in [0.717, 1.165) is 28.1 Å². The fraction of sp³-hybridized carbons (Fsp3) is 0. The van der Waals surface area contributed by atoms with Crippen molar-refractivity contribution in [3.8, 4) is 61.6 Å². The van der Waals surface area contributed by atoms with Gasteiger partial charge in [0.2, 0.25) is 0 Å². The first-order chi connectivity index (χ1) is 36.2. The van der Waals surface area contributed by atoms with Crippen molar-refractivity contribution in [2.24, 2.45) is 0 Å². The summed E-state index contributed by atoms with van der Waals surface area (Å²) >= 11 is 0. The Bertz CT molecular complexity index is 4660. The maximum absolute atomic E-state index is 5.29. The predicted octanol–water partition coefficient (Wildman–Crippen LogP) is 19.4. The lowest BCUT2D eigenvalue weighted by Gasteiger charge is -2.22. The smallest absolute Gasteiger partial charge is 0.145 e. The average molecular weight is 925 g/mol. The highest BCUT2D eigenvalue weighted by molar-refractivity contribution is 6.27.